The van der Waals surface area contributed by atoms with Gasteiger partial charge >= 0.3 is 0 Å². The van der Waals surface area contributed by atoms with Crippen molar-refractivity contribution in [2.24, 2.45) is 5.92 Å². The van der Waals surface area contributed by atoms with Crippen molar-refractivity contribution in [3.63, 3.8) is 0 Å². The Bertz CT molecular complexity index is 296. The van der Waals surface area contributed by atoms with Gasteiger partial charge in [-0.1, -0.05) is 38.1 Å². The van der Waals surface area contributed by atoms with Gasteiger partial charge in [0.1, 0.15) is 0 Å². The Labute approximate surface area is 99.5 Å². The van der Waals surface area contributed by atoms with Crippen LogP contribution in [0.2, 0.25) is 0 Å². The van der Waals surface area contributed by atoms with E-state index in [9.17, 15) is 0 Å². The van der Waals surface area contributed by atoms with E-state index in [1.165, 1.54) is 38.0 Å². The lowest BCUT2D eigenvalue weighted by Crippen LogP contribution is -2.35. The highest BCUT2D eigenvalue weighted by atomic mass is 15.1. The van der Waals surface area contributed by atoms with Gasteiger partial charge in [0, 0.05) is 6.54 Å². The van der Waals surface area contributed by atoms with Crippen LogP contribution in [0.25, 0.3) is 0 Å². The molecule has 0 aromatic heterocycles. The third-order valence-corrected chi connectivity index (χ3v) is 3.38. The largest absolute Gasteiger partial charge is 0.303 e. The van der Waals surface area contributed by atoms with Gasteiger partial charge < -0.3 is 4.90 Å². The lowest BCUT2D eigenvalue weighted by Gasteiger charge is -2.33. The second kappa shape index (κ2) is 5.49. The Morgan fingerprint density at radius 1 is 1.31 bits per heavy atom. The second-order valence-corrected chi connectivity index (χ2v) is 5.29. The van der Waals surface area contributed by atoms with Gasteiger partial charge in [-0.25, -0.2) is 0 Å². The fourth-order valence-electron chi connectivity index (χ4n) is 2.60. The molecule has 1 aromatic carbocycles. The van der Waals surface area contributed by atoms with E-state index in [1.807, 2.05) is 6.07 Å². The number of likely N-dealkylation sites (tertiary alicyclic amines) is 1. The van der Waals surface area contributed by atoms with Crippen LogP contribution in [0.15, 0.2) is 24.3 Å². The third kappa shape index (κ3) is 3.08. The van der Waals surface area contributed by atoms with E-state index in [0.717, 1.165) is 11.8 Å². The molecule has 0 amide bonds. The average Bonchev–Trinajstić information content (AvgIpc) is 2.30. The van der Waals surface area contributed by atoms with E-state index in [-0.39, 0.29) is 0 Å². The first-order valence-electron chi connectivity index (χ1n) is 6.44. The molecule has 1 aliphatic rings. The van der Waals surface area contributed by atoms with E-state index in [4.69, 9.17) is 0 Å². The number of nitrogens with zero attached hydrogens (tertiary/aromatic N) is 1. The highest BCUT2D eigenvalue weighted by molar-refractivity contribution is 5.18. The van der Waals surface area contributed by atoms with Gasteiger partial charge in [0.25, 0.3) is 0 Å². The quantitative estimate of drug-likeness (QED) is 0.749. The van der Waals surface area contributed by atoms with Crippen molar-refractivity contribution < 1.29 is 0 Å². The lowest BCUT2D eigenvalue weighted by molar-refractivity contribution is 0.192. The van der Waals surface area contributed by atoms with Crippen molar-refractivity contribution in [3.05, 3.63) is 35.9 Å². The Morgan fingerprint density at radius 2 is 2.06 bits per heavy atom. The predicted molar refractivity (Wildman–Crippen MR) is 68.5 cm³/mol. The fraction of sp³-hybridized carbons (Fsp3) is 0.600. The summed E-state index contributed by atoms with van der Waals surface area (Å²) in [4.78, 5) is 2.60. The van der Waals surface area contributed by atoms with Gasteiger partial charge in [-0.3, -0.25) is 0 Å². The molecule has 1 aliphatic heterocycles. The molecule has 1 saturated heterocycles. The summed E-state index contributed by atoms with van der Waals surface area (Å²) >= 11 is 0. The Balaban J connectivity index is 1.86. The van der Waals surface area contributed by atoms with E-state index >= 15 is 0 Å². The van der Waals surface area contributed by atoms with Gasteiger partial charge in [-0.15, -0.1) is 0 Å². The third-order valence-electron chi connectivity index (χ3n) is 3.38. The smallest absolute Gasteiger partial charge is 0.000439 e. The standard InChI is InChI=1S/C15H22N/c1-13(2)12-16-10-8-15(9-11-16)14-6-4-3-5-7-14/h3-6,13,15H,8-12H2,1-2H3. The SMILES string of the molecule is CC(C)CN1CCC(c2[c]cccc2)CC1. The normalized spacial score (nSPS) is 19.2. The molecule has 1 fully saturated rings. The van der Waals surface area contributed by atoms with Crippen LogP contribution in [0, 0.1) is 12.0 Å². The highest BCUT2D eigenvalue weighted by Gasteiger charge is 2.20. The Kier molecular flexibility index (Phi) is 4.00. The minimum atomic E-state index is 0.740. The molecular weight excluding hydrogens is 194 g/mol. The van der Waals surface area contributed by atoms with E-state index < -0.39 is 0 Å². The molecule has 1 radical (unpaired) electrons. The number of rotatable bonds is 3. The van der Waals surface area contributed by atoms with Crippen LogP contribution in [0.1, 0.15) is 38.2 Å². The van der Waals surface area contributed by atoms with Crippen LogP contribution in [0.3, 0.4) is 0 Å². The first kappa shape index (κ1) is 11.7. The summed E-state index contributed by atoms with van der Waals surface area (Å²) in [5.74, 6) is 1.53. The molecule has 0 N–H and O–H groups in total. The number of benzene rings is 1. The summed E-state index contributed by atoms with van der Waals surface area (Å²) in [5.41, 5.74) is 1.41. The van der Waals surface area contributed by atoms with Crippen molar-refractivity contribution in [1.82, 2.24) is 4.90 Å². The first-order chi connectivity index (χ1) is 7.75. The molecule has 2 rings (SSSR count). The van der Waals surface area contributed by atoms with Crippen molar-refractivity contribution in [2.45, 2.75) is 32.6 Å². The van der Waals surface area contributed by atoms with Gasteiger partial charge in [0.05, 0.1) is 0 Å². The Hall–Kier alpha value is -0.820. The van der Waals surface area contributed by atoms with Crippen molar-refractivity contribution in [1.29, 1.82) is 0 Å². The second-order valence-electron chi connectivity index (χ2n) is 5.29. The maximum Gasteiger partial charge on any atom is 0.000439 e. The topological polar surface area (TPSA) is 3.24 Å². The van der Waals surface area contributed by atoms with Crippen LogP contribution in [-0.2, 0) is 0 Å². The zero-order valence-corrected chi connectivity index (χ0v) is 10.4. The van der Waals surface area contributed by atoms with Crippen LogP contribution < -0.4 is 0 Å². The van der Waals surface area contributed by atoms with E-state index in [2.05, 4.69) is 43.0 Å². The minimum Gasteiger partial charge on any atom is -0.303 e. The van der Waals surface area contributed by atoms with Crippen LogP contribution >= 0.6 is 0 Å². The molecule has 0 bridgehead atoms. The maximum absolute atomic E-state index is 3.38. The molecule has 1 heterocycles. The molecule has 0 saturated carbocycles. The molecule has 0 aliphatic carbocycles. The summed E-state index contributed by atoms with van der Waals surface area (Å²) in [5, 5.41) is 0. The van der Waals surface area contributed by atoms with Crippen LogP contribution in [0.5, 0.6) is 0 Å². The summed E-state index contributed by atoms with van der Waals surface area (Å²) < 4.78 is 0. The van der Waals surface area contributed by atoms with E-state index in [1.54, 1.807) is 0 Å². The number of hydrogen-bond acceptors (Lipinski definition) is 1. The predicted octanol–water partition coefficient (Wildman–Crippen LogP) is 3.32. The molecule has 16 heavy (non-hydrogen) atoms. The number of piperidine rings is 1. The minimum absolute atomic E-state index is 0.740. The van der Waals surface area contributed by atoms with Crippen molar-refractivity contribution in [3.8, 4) is 0 Å². The summed E-state index contributed by atoms with van der Waals surface area (Å²) in [6.07, 6.45) is 2.60. The molecule has 87 valence electrons. The van der Waals surface area contributed by atoms with Crippen molar-refractivity contribution >= 4 is 0 Å². The fourth-order valence-corrected chi connectivity index (χ4v) is 2.60. The summed E-state index contributed by atoms with van der Waals surface area (Å²) in [7, 11) is 0. The van der Waals surface area contributed by atoms with Crippen molar-refractivity contribution in [2.75, 3.05) is 19.6 Å². The molecule has 1 aromatic rings. The van der Waals surface area contributed by atoms with E-state index in [0.29, 0.717) is 0 Å². The molecule has 0 spiro atoms. The average molecular weight is 216 g/mol. The zero-order chi connectivity index (χ0) is 11.4. The zero-order valence-electron chi connectivity index (χ0n) is 10.4. The van der Waals surface area contributed by atoms with Gasteiger partial charge in [-0.2, -0.15) is 0 Å². The molecule has 0 atom stereocenters. The van der Waals surface area contributed by atoms with Gasteiger partial charge in [-0.05, 0) is 49.4 Å². The Morgan fingerprint density at radius 3 is 2.62 bits per heavy atom. The summed E-state index contributed by atoms with van der Waals surface area (Å²) in [6, 6.07) is 11.8. The van der Waals surface area contributed by atoms with Gasteiger partial charge in [0.2, 0.25) is 0 Å². The number of hydrogen-bond donors (Lipinski definition) is 0. The van der Waals surface area contributed by atoms with Crippen LogP contribution in [-0.4, -0.2) is 24.5 Å². The summed E-state index contributed by atoms with van der Waals surface area (Å²) in [6.45, 7) is 8.37. The molecular formula is C15H22N. The first-order valence-corrected chi connectivity index (χ1v) is 6.44. The molecule has 1 heteroatoms. The maximum atomic E-state index is 3.38. The highest BCUT2D eigenvalue weighted by Crippen LogP contribution is 2.27. The van der Waals surface area contributed by atoms with Gasteiger partial charge in [0.15, 0.2) is 0 Å². The molecule has 1 nitrogen and oxygen atoms in total. The monoisotopic (exact) mass is 216 g/mol. The molecule has 0 unspecified atom stereocenters. The van der Waals surface area contributed by atoms with Crippen LogP contribution in [0.4, 0.5) is 0 Å². The lowest BCUT2D eigenvalue weighted by atomic mass is 9.89.